The van der Waals surface area contributed by atoms with Gasteiger partial charge in [0, 0.05) is 11.1 Å². The number of hydrogen-bond acceptors (Lipinski definition) is 5. The fraction of sp³-hybridized carbons (Fsp3) is 0.364. The molecule has 1 aromatic rings. The minimum atomic E-state index is -1.09. The molecule has 7 heteroatoms. The number of hydrogen-bond donors (Lipinski definition) is 1. The summed E-state index contributed by atoms with van der Waals surface area (Å²) in [6.45, 7) is 3.12. The molecule has 18 heavy (non-hydrogen) atoms. The van der Waals surface area contributed by atoms with E-state index in [9.17, 15) is 14.9 Å². The number of halogens is 1. The third-order valence-corrected chi connectivity index (χ3v) is 2.53. The molecule has 0 unspecified atom stereocenters. The molecule has 1 N–H and O–H groups in total. The van der Waals surface area contributed by atoms with E-state index >= 15 is 0 Å². The number of benzene rings is 1. The van der Waals surface area contributed by atoms with Gasteiger partial charge in [-0.1, -0.05) is 11.6 Å². The van der Waals surface area contributed by atoms with Crippen molar-refractivity contribution in [2.24, 2.45) is 0 Å². The minimum Gasteiger partial charge on any atom is -0.467 e. The number of anilines is 1. The molecule has 0 fully saturated rings. The molecule has 0 saturated carbocycles. The van der Waals surface area contributed by atoms with Crippen LogP contribution in [0.4, 0.5) is 11.4 Å². The molecule has 0 atom stereocenters. The van der Waals surface area contributed by atoms with Gasteiger partial charge in [0.25, 0.3) is 5.69 Å². The van der Waals surface area contributed by atoms with Gasteiger partial charge in [-0.15, -0.1) is 0 Å². The number of rotatable bonds is 4. The van der Waals surface area contributed by atoms with Gasteiger partial charge in [-0.25, -0.2) is 4.79 Å². The Morgan fingerprint density at radius 3 is 2.61 bits per heavy atom. The number of ether oxygens (including phenoxy) is 1. The Bertz CT molecular complexity index is 488. The summed E-state index contributed by atoms with van der Waals surface area (Å²) in [7, 11) is 1.25. The SMILES string of the molecule is COC(=O)C(C)(C)Nc1cc(Cl)ccc1[N+](=O)[O-]. The molecule has 0 bridgehead atoms. The molecule has 1 aromatic carbocycles. The first-order valence-corrected chi connectivity index (χ1v) is 5.46. The van der Waals surface area contributed by atoms with Crippen LogP contribution in [0.3, 0.4) is 0 Å². The molecule has 6 nitrogen and oxygen atoms in total. The number of nitro groups is 1. The standard InChI is InChI=1S/C11H13ClN2O4/c1-11(2,10(15)18-3)13-8-6-7(12)4-5-9(8)14(16)17/h4-6,13H,1-3H3. The summed E-state index contributed by atoms with van der Waals surface area (Å²) in [4.78, 5) is 21.8. The summed E-state index contributed by atoms with van der Waals surface area (Å²) in [5, 5.41) is 14.0. The van der Waals surface area contributed by atoms with Crippen LogP contribution in [-0.2, 0) is 9.53 Å². The molecule has 0 aliphatic heterocycles. The molecule has 0 aliphatic rings. The highest BCUT2D eigenvalue weighted by atomic mass is 35.5. The fourth-order valence-corrected chi connectivity index (χ4v) is 1.58. The van der Waals surface area contributed by atoms with E-state index in [2.05, 4.69) is 10.1 Å². The van der Waals surface area contributed by atoms with E-state index in [4.69, 9.17) is 11.6 Å². The third-order valence-electron chi connectivity index (χ3n) is 2.30. The molecule has 1 rings (SSSR count). The summed E-state index contributed by atoms with van der Waals surface area (Å²) in [6, 6.07) is 4.08. The van der Waals surface area contributed by atoms with Crippen molar-refractivity contribution in [1.82, 2.24) is 0 Å². The van der Waals surface area contributed by atoms with Crippen LogP contribution in [0.2, 0.25) is 5.02 Å². The van der Waals surface area contributed by atoms with Crippen LogP contribution in [0.25, 0.3) is 0 Å². The lowest BCUT2D eigenvalue weighted by molar-refractivity contribution is -0.384. The van der Waals surface area contributed by atoms with Crippen LogP contribution >= 0.6 is 11.6 Å². The van der Waals surface area contributed by atoms with Gasteiger partial charge in [0.05, 0.1) is 12.0 Å². The van der Waals surface area contributed by atoms with E-state index in [0.29, 0.717) is 5.02 Å². The van der Waals surface area contributed by atoms with Crippen molar-refractivity contribution in [3.8, 4) is 0 Å². The van der Waals surface area contributed by atoms with Crippen molar-refractivity contribution < 1.29 is 14.5 Å². The number of nitro benzene ring substituents is 1. The Morgan fingerprint density at radius 1 is 1.50 bits per heavy atom. The lowest BCUT2D eigenvalue weighted by atomic mass is 10.1. The smallest absolute Gasteiger partial charge is 0.330 e. The predicted octanol–water partition coefficient (Wildman–Crippen LogP) is 2.61. The second-order valence-electron chi connectivity index (χ2n) is 4.16. The summed E-state index contributed by atoms with van der Waals surface area (Å²) in [5.41, 5.74) is -1.08. The van der Waals surface area contributed by atoms with Crippen LogP contribution in [-0.4, -0.2) is 23.5 Å². The van der Waals surface area contributed by atoms with Crippen molar-refractivity contribution in [1.29, 1.82) is 0 Å². The van der Waals surface area contributed by atoms with E-state index in [0.717, 1.165) is 0 Å². The second-order valence-corrected chi connectivity index (χ2v) is 4.60. The number of carbonyl (C=O) groups is 1. The topological polar surface area (TPSA) is 81.5 Å². The minimum absolute atomic E-state index is 0.156. The molecule has 0 saturated heterocycles. The molecule has 98 valence electrons. The van der Waals surface area contributed by atoms with Gasteiger partial charge in [-0.05, 0) is 26.0 Å². The van der Waals surface area contributed by atoms with E-state index in [1.807, 2.05) is 0 Å². The number of esters is 1. The summed E-state index contributed by atoms with van der Waals surface area (Å²) in [5.74, 6) is -0.531. The van der Waals surface area contributed by atoms with Crippen LogP contribution in [0.1, 0.15) is 13.8 Å². The highest BCUT2D eigenvalue weighted by molar-refractivity contribution is 6.31. The summed E-state index contributed by atoms with van der Waals surface area (Å²) in [6.07, 6.45) is 0. The van der Waals surface area contributed by atoms with E-state index in [1.54, 1.807) is 13.8 Å². The maximum Gasteiger partial charge on any atom is 0.330 e. The van der Waals surface area contributed by atoms with Gasteiger partial charge in [-0.2, -0.15) is 0 Å². The highest BCUT2D eigenvalue weighted by Crippen LogP contribution is 2.30. The van der Waals surface area contributed by atoms with E-state index in [1.165, 1.54) is 25.3 Å². The maximum absolute atomic E-state index is 11.5. The normalized spacial score (nSPS) is 10.9. The van der Waals surface area contributed by atoms with Crippen LogP contribution in [0, 0.1) is 10.1 Å². The number of nitrogens with zero attached hydrogens (tertiary/aromatic N) is 1. The van der Waals surface area contributed by atoms with Crippen molar-refractivity contribution >= 4 is 28.9 Å². The second kappa shape index (κ2) is 5.22. The fourth-order valence-electron chi connectivity index (χ4n) is 1.41. The zero-order valence-corrected chi connectivity index (χ0v) is 10.9. The van der Waals surface area contributed by atoms with Gasteiger partial charge < -0.3 is 10.1 Å². The van der Waals surface area contributed by atoms with Crippen LogP contribution < -0.4 is 5.32 Å². The average Bonchev–Trinajstić information content (AvgIpc) is 2.26. The van der Waals surface area contributed by atoms with Gasteiger partial charge in [0.2, 0.25) is 0 Å². The maximum atomic E-state index is 11.5. The Labute approximate surface area is 109 Å². The lowest BCUT2D eigenvalue weighted by Gasteiger charge is -2.24. The third kappa shape index (κ3) is 3.10. The average molecular weight is 273 g/mol. The Balaban J connectivity index is 3.13. The molecule has 0 aromatic heterocycles. The van der Waals surface area contributed by atoms with Crippen molar-refractivity contribution in [2.45, 2.75) is 19.4 Å². The van der Waals surface area contributed by atoms with Crippen molar-refractivity contribution in [3.63, 3.8) is 0 Å². The molecular weight excluding hydrogens is 260 g/mol. The number of methoxy groups -OCH3 is 1. The van der Waals surface area contributed by atoms with E-state index in [-0.39, 0.29) is 11.4 Å². The molecule has 0 spiro atoms. The molecule has 0 amide bonds. The lowest BCUT2D eigenvalue weighted by Crippen LogP contribution is -2.41. The van der Waals surface area contributed by atoms with Gasteiger partial charge in [0.1, 0.15) is 11.2 Å². The van der Waals surface area contributed by atoms with Crippen molar-refractivity contribution in [3.05, 3.63) is 33.3 Å². The number of carbonyl (C=O) groups excluding carboxylic acids is 1. The number of nitrogens with one attached hydrogen (secondary N) is 1. The van der Waals surface area contributed by atoms with Crippen LogP contribution in [0.15, 0.2) is 18.2 Å². The first-order chi connectivity index (χ1) is 8.27. The Kier molecular flexibility index (Phi) is 4.13. The molecule has 0 aliphatic carbocycles. The largest absolute Gasteiger partial charge is 0.467 e. The zero-order chi connectivity index (χ0) is 13.9. The Morgan fingerprint density at radius 2 is 2.11 bits per heavy atom. The zero-order valence-electron chi connectivity index (χ0n) is 10.2. The first-order valence-electron chi connectivity index (χ1n) is 5.08. The van der Waals surface area contributed by atoms with Crippen molar-refractivity contribution in [2.75, 3.05) is 12.4 Å². The summed E-state index contributed by atoms with van der Waals surface area (Å²) >= 11 is 5.79. The quantitative estimate of drug-likeness (QED) is 0.518. The molecular formula is C11H13ClN2O4. The molecule has 0 radical (unpaired) electrons. The summed E-state index contributed by atoms with van der Waals surface area (Å²) < 4.78 is 4.61. The van der Waals surface area contributed by atoms with Gasteiger partial charge in [0.15, 0.2) is 0 Å². The van der Waals surface area contributed by atoms with Crippen LogP contribution in [0.5, 0.6) is 0 Å². The Hall–Kier alpha value is -1.82. The monoisotopic (exact) mass is 272 g/mol. The molecule has 0 heterocycles. The van der Waals surface area contributed by atoms with Gasteiger partial charge in [-0.3, -0.25) is 10.1 Å². The highest BCUT2D eigenvalue weighted by Gasteiger charge is 2.30. The first kappa shape index (κ1) is 14.2. The van der Waals surface area contributed by atoms with Gasteiger partial charge >= 0.3 is 5.97 Å². The predicted molar refractivity (Wildman–Crippen MR) is 67.8 cm³/mol. The van der Waals surface area contributed by atoms with E-state index < -0.39 is 16.4 Å².